The summed E-state index contributed by atoms with van der Waals surface area (Å²) in [6.07, 6.45) is -7.24. The van der Waals surface area contributed by atoms with Gasteiger partial charge >= 0.3 is 7.82 Å². The molecule has 0 radical (unpaired) electrons. The SMILES string of the molecule is C=CCCCCCCCCOP(=O)(O)O[C@H]1O[C@H](CO)[C@@H](O[C@H]2O[C@H](C)[C@H](O)[C@H](O)[C@H]2O)[C@H](O)[C@@H]1O. The molecule has 2 aliphatic rings. The Labute approximate surface area is 210 Å². The van der Waals surface area contributed by atoms with Gasteiger partial charge in [0.25, 0.3) is 0 Å². The molecule has 2 rings (SSSR count). The van der Waals surface area contributed by atoms with Crippen molar-refractivity contribution in [3.05, 3.63) is 12.7 Å². The fourth-order valence-electron chi connectivity index (χ4n) is 4.03. The van der Waals surface area contributed by atoms with Crippen molar-refractivity contribution in [2.75, 3.05) is 13.2 Å². The zero-order valence-electron chi connectivity index (χ0n) is 20.4. The molecule has 2 saturated heterocycles. The van der Waals surface area contributed by atoms with Crippen LogP contribution in [-0.2, 0) is 27.8 Å². The summed E-state index contributed by atoms with van der Waals surface area (Å²) in [5, 5.41) is 60.5. The van der Waals surface area contributed by atoms with Crippen LogP contribution >= 0.6 is 7.82 Å². The van der Waals surface area contributed by atoms with Crippen molar-refractivity contribution in [3.63, 3.8) is 0 Å². The predicted molar refractivity (Wildman–Crippen MR) is 124 cm³/mol. The average Bonchev–Trinajstić information content (AvgIpc) is 2.84. The molecule has 14 heteroatoms. The van der Waals surface area contributed by atoms with E-state index in [9.17, 15) is 40.1 Å². The molecule has 36 heavy (non-hydrogen) atoms. The smallest absolute Gasteiger partial charge is 0.394 e. The summed E-state index contributed by atoms with van der Waals surface area (Å²) in [7, 11) is -4.68. The van der Waals surface area contributed by atoms with Crippen LogP contribution in [0.2, 0.25) is 0 Å². The number of aliphatic hydroxyl groups is 6. The van der Waals surface area contributed by atoms with Gasteiger partial charge in [-0.05, 0) is 26.2 Å². The summed E-state index contributed by atoms with van der Waals surface area (Å²) in [4.78, 5) is 10.0. The molecule has 2 heterocycles. The maximum atomic E-state index is 12.3. The molecule has 2 aliphatic heterocycles. The number of hydrogen-bond donors (Lipinski definition) is 7. The summed E-state index contributed by atoms with van der Waals surface area (Å²) >= 11 is 0. The minimum absolute atomic E-state index is 0.0652. The summed E-state index contributed by atoms with van der Waals surface area (Å²) in [6, 6.07) is 0. The monoisotopic (exact) mass is 544 g/mol. The van der Waals surface area contributed by atoms with Crippen LogP contribution in [0, 0.1) is 0 Å². The second-order valence-electron chi connectivity index (χ2n) is 9.09. The quantitative estimate of drug-likeness (QED) is 0.0804. The molecule has 0 aromatic heterocycles. The molecular formula is C22H41O13P. The van der Waals surface area contributed by atoms with Crippen LogP contribution in [0.5, 0.6) is 0 Å². The van der Waals surface area contributed by atoms with Crippen molar-refractivity contribution in [1.82, 2.24) is 0 Å². The fourth-order valence-corrected chi connectivity index (χ4v) is 4.89. The number of rotatable bonds is 15. The number of phosphoric acid groups is 1. The van der Waals surface area contributed by atoms with E-state index in [-0.39, 0.29) is 6.61 Å². The molecule has 0 saturated carbocycles. The zero-order valence-corrected chi connectivity index (χ0v) is 21.3. The molecule has 0 aromatic carbocycles. The topological polar surface area (TPSA) is 205 Å². The molecule has 1 unspecified atom stereocenters. The predicted octanol–water partition coefficient (Wildman–Crippen LogP) is -0.312. The van der Waals surface area contributed by atoms with E-state index < -0.39 is 75.8 Å². The Morgan fingerprint density at radius 3 is 2.11 bits per heavy atom. The van der Waals surface area contributed by atoms with E-state index in [0.717, 1.165) is 38.5 Å². The Kier molecular flexibility index (Phi) is 13.4. The Hall–Kier alpha value is -0.510. The lowest BCUT2D eigenvalue weighted by atomic mass is 9.97. The number of phosphoric ester groups is 1. The van der Waals surface area contributed by atoms with Crippen molar-refractivity contribution >= 4 is 7.82 Å². The van der Waals surface area contributed by atoms with Crippen molar-refractivity contribution in [2.45, 2.75) is 113 Å². The minimum atomic E-state index is -4.68. The molecule has 2 fully saturated rings. The number of unbranched alkanes of at least 4 members (excludes halogenated alkanes) is 6. The Bertz CT molecular complexity index is 695. The van der Waals surface area contributed by atoms with Gasteiger partial charge in [-0.3, -0.25) is 9.05 Å². The van der Waals surface area contributed by atoms with Crippen LogP contribution in [0.15, 0.2) is 12.7 Å². The summed E-state index contributed by atoms with van der Waals surface area (Å²) < 4.78 is 38.3. The van der Waals surface area contributed by atoms with Crippen LogP contribution in [0.25, 0.3) is 0 Å². The highest BCUT2D eigenvalue weighted by Gasteiger charge is 2.51. The number of aliphatic hydroxyl groups excluding tert-OH is 6. The largest absolute Gasteiger partial charge is 0.474 e. The molecule has 0 spiro atoms. The lowest BCUT2D eigenvalue weighted by molar-refractivity contribution is -0.350. The van der Waals surface area contributed by atoms with E-state index in [1.807, 2.05) is 6.08 Å². The summed E-state index contributed by atoms with van der Waals surface area (Å²) in [5.74, 6) is 0. The van der Waals surface area contributed by atoms with Crippen LogP contribution in [0.1, 0.15) is 51.9 Å². The highest BCUT2D eigenvalue weighted by atomic mass is 31.2. The maximum absolute atomic E-state index is 12.3. The summed E-state index contributed by atoms with van der Waals surface area (Å²) in [5.41, 5.74) is 0. The van der Waals surface area contributed by atoms with Crippen molar-refractivity contribution in [3.8, 4) is 0 Å². The van der Waals surface area contributed by atoms with Crippen LogP contribution in [-0.4, -0.2) is 110 Å². The zero-order chi connectivity index (χ0) is 26.9. The molecule has 0 aliphatic carbocycles. The number of hydrogen-bond acceptors (Lipinski definition) is 12. The van der Waals surface area contributed by atoms with Gasteiger partial charge in [0.05, 0.1) is 19.3 Å². The normalized spacial score (nSPS) is 39.0. The third-order valence-corrected chi connectivity index (χ3v) is 7.20. The average molecular weight is 545 g/mol. The van der Waals surface area contributed by atoms with Gasteiger partial charge in [0.15, 0.2) is 12.6 Å². The van der Waals surface area contributed by atoms with E-state index in [1.54, 1.807) is 0 Å². The Morgan fingerprint density at radius 1 is 0.861 bits per heavy atom. The standard InChI is InChI=1S/C22H41O13P/c1-3-4-5-6-7-8-9-10-11-31-36(29,30)35-22-19(28)17(26)20(14(12-23)33-22)34-21-18(27)16(25)15(24)13(2)32-21/h3,13-28H,1,4-12H2,2H3,(H,29,30)/t13-,14-,15+,16+,17-,18-,19+,20-,21-,22-/m1/s1. The second kappa shape index (κ2) is 15.2. The van der Waals surface area contributed by atoms with Gasteiger partial charge in [-0.2, -0.15) is 0 Å². The van der Waals surface area contributed by atoms with Crippen molar-refractivity contribution in [2.24, 2.45) is 0 Å². The highest BCUT2D eigenvalue weighted by molar-refractivity contribution is 7.47. The van der Waals surface area contributed by atoms with E-state index >= 15 is 0 Å². The van der Waals surface area contributed by atoms with E-state index in [1.165, 1.54) is 6.92 Å². The van der Waals surface area contributed by atoms with E-state index in [4.69, 9.17) is 23.3 Å². The molecule has 0 aromatic rings. The van der Waals surface area contributed by atoms with Gasteiger partial charge in [-0.25, -0.2) is 4.57 Å². The van der Waals surface area contributed by atoms with Gasteiger partial charge in [-0.1, -0.05) is 31.8 Å². The lowest BCUT2D eigenvalue weighted by Crippen LogP contribution is -2.64. The first-order valence-corrected chi connectivity index (χ1v) is 13.8. The first-order chi connectivity index (χ1) is 17.0. The van der Waals surface area contributed by atoms with E-state index in [0.29, 0.717) is 6.42 Å². The van der Waals surface area contributed by atoms with Crippen molar-refractivity contribution < 1.29 is 63.4 Å². The van der Waals surface area contributed by atoms with Gasteiger partial charge in [0.1, 0.15) is 42.7 Å². The first kappa shape index (κ1) is 31.7. The highest BCUT2D eigenvalue weighted by Crippen LogP contribution is 2.47. The molecule has 0 bridgehead atoms. The number of ether oxygens (including phenoxy) is 3. The molecule has 7 N–H and O–H groups in total. The van der Waals surface area contributed by atoms with Crippen LogP contribution in [0.4, 0.5) is 0 Å². The molecule has 13 nitrogen and oxygen atoms in total. The van der Waals surface area contributed by atoms with Crippen molar-refractivity contribution in [1.29, 1.82) is 0 Å². The number of allylic oxidation sites excluding steroid dienone is 1. The second-order valence-corrected chi connectivity index (χ2v) is 10.5. The lowest BCUT2D eigenvalue weighted by Gasteiger charge is -2.45. The third kappa shape index (κ3) is 9.05. The summed E-state index contributed by atoms with van der Waals surface area (Å²) in [6.45, 7) is 4.27. The van der Waals surface area contributed by atoms with Gasteiger partial charge in [0.2, 0.25) is 0 Å². The van der Waals surface area contributed by atoms with Crippen LogP contribution < -0.4 is 0 Å². The molecular weight excluding hydrogens is 503 g/mol. The Balaban J connectivity index is 1.85. The first-order valence-electron chi connectivity index (χ1n) is 12.3. The van der Waals surface area contributed by atoms with Gasteiger partial charge in [-0.15, -0.1) is 6.58 Å². The van der Waals surface area contributed by atoms with Crippen LogP contribution in [0.3, 0.4) is 0 Å². The molecule has 11 atom stereocenters. The molecule has 212 valence electrons. The maximum Gasteiger partial charge on any atom is 0.474 e. The third-order valence-electron chi connectivity index (χ3n) is 6.21. The Morgan fingerprint density at radius 2 is 1.47 bits per heavy atom. The van der Waals surface area contributed by atoms with Gasteiger partial charge < -0.3 is 49.7 Å². The minimum Gasteiger partial charge on any atom is -0.394 e. The molecule has 0 amide bonds. The van der Waals surface area contributed by atoms with E-state index in [2.05, 4.69) is 6.58 Å². The van der Waals surface area contributed by atoms with Gasteiger partial charge in [0, 0.05) is 0 Å². The fraction of sp³-hybridized carbons (Fsp3) is 0.909.